The van der Waals surface area contributed by atoms with Crippen LogP contribution in [0.2, 0.25) is 0 Å². The van der Waals surface area contributed by atoms with E-state index in [0.29, 0.717) is 11.3 Å². The lowest BCUT2D eigenvalue weighted by molar-refractivity contribution is -0.137. The Balaban J connectivity index is 2.34. The molecule has 1 rings (SSSR count). The van der Waals surface area contributed by atoms with Crippen LogP contribution in [0.15, 0.2) is 24.3 Å². The van der Waals surface area contributed by atoms with Crippen molar-refractivity contribution in [2.45, 2.75) is 0 Å². The fourth-order valence-corrected chi connectivity index (χ4v) is 1.20. The summed E-state index contributed by atoms with van der Waals surface area (Å²) < 4.78 is 0. The zero-order valence-electron chi connectivity index (χ0n) is 10.3. The van der Waals surface area contributed by atoms with E-state index in [1.807, 2.05) is 6.07 Å². The fourth-order valence-electron chi connectivity index (χ4n) is 1.20. The van der Waals surface area contributed by atoms with Gasteiger partial charge < -0.3 is 21.1 Å². The first-order valence-corrected chi connectivity index (χ1v) is 5.55. The third-order valence-electron chi connectivity index (χ3n) is 2.12. The molecule has 0 aromatic heterocycles. The maximum atomic E-state index is 11.4. The van der Waals surface area contributed by atoms with Crippen LogP contribution in [0.5, 0.6) is 0 Å². The van der Waals surface area contributed by atoms with E-state index in [0.717, 1.165) is 0 Å². The van der Waals surface area contributed by atoms with Gasteiger partial charge in [0, 0.05) is 5.69 Å². The molecule has 0 unspecified atom stereocenters. The van der Waals surface area contributed by atoms with Crippen LogP contribution in [0.25, 0.3) is 0 Å². The predicted octanol–water partition coefficient (Wildman–Crippen LogP) is -0.119. The molecular weight excluding hydrogens is 264 g/mol. The van der Waals surface area contributed by atoms with Crippen molar-refractivity contribution in [2.75, 3.05) is 18.4 Å². The summed E-state index contributed by atoms with van der Waals surface area (Å²) in [5.41, 5.74) is 0.927. The van der Waals surface area contributed by atoms with Crippen LogP contribution in [-0.4, -0.2) is 36.1 Å². The number of nitriles is 1. The van der Waals surface area contributed by atoms with Gasteiger partial charge in [-0.1, -0.05) is 0 Å². The number of hydrogen-bond acceptors (Lipinski definition) is 4. The zero-order valence-corrected chi connectivity index (χ0v) is 10.3. The fraction of sp³-hybridized carbons (Fsp3) is 0.167. The van der Waals surface area contributed by atoms with Gasteiger partial charge >= 0.3 is 12.0 Å². The predicted molar refractivity (Wildman–Crippen MR) is 68.8 cm³/mol. The lowest BCUT2D eigenvalue weighted by atomic mass is 10.2. The highest BCUT2D eigenvalue weighted by molar-refractivity contribution is 5.92. The maximum Gasteiger partial charge on any atom is 0.322 e. The van der Waals surface area contributed by atoms with E-state index in [4.69, 9.17) is 10.4 Å². The number of nitrogens with zero attached hydrogens (tertiary/aromatic N) is 1. The van der Waals surface area contributed by atoms with E-state index in [2.05, 4.69) is 16.0 Å². The summed E-state index contributed by atoms with van der Waals surface area (Å²) in [6, 6.07) is 7.49. The van der Waals surface area contributed by atoms with Crippen molar-refractivity contribution in [3.63, 3.8) is 0 Å². The third kappa shape index (κ3) is 5.50. The summed E-state index contributed by atoms with van der Waals surface area (Å²) in [5.74, 6) is -1.78. The Bertz CT molecular complexity index is 548. The van der Waals surface area contributed by atoms with Gasteiger partial charge in [0.05, 0.1) is 18.2 Å². The molecule has 1 aromatic carbocycles. The average Bonchev–Trinajstić information content (AvgIpc) is 2.43. The quantitative estimate of drug-likeness (QED) is 0.595. The molecule has 1 aromatic rings. The number of benzene rings is 1. The Morgan fingerprint density at radius 2 is 1.75 bits per heavy atom. The van der Waals surface area contributed by atoms with Crippen molar-refractivity contribution in [3.05, 3.63) is 29.8 Å². The molecule has 0 saturated carbocycles. The number of aliphatic carboxylic acids is 1. The number of carbonyl (C=O) groups excluding carboxylic acids is 2. The molecule has 0 aliphatic heterocycles. The number of carboxylic acids is 1. The summed E-state index contributed by atoms with van der Waals surface area (Å²) in [6.07, 6.45) is 0. The highest BCUT2D eigenvalue weighted by atomic mass is 16.4. The molecule has 0 spiro atoms. The minimum atomic E-state index is -1.17. The van der Waals surface area contributed by atoms with Gasteiger partial charge in [-0.05, 0) is 24.3 Å². The van der Waals surface area contributed by atoms with Crippen LogP contribution in [0.1, 0.15) is 5.56 Å². The number of carbonyl (C=O) groups is 3. The molecule has 0 heterocycles. The molecule has 104 valence electrons. The molecule has 20 heavy (non-hydrogen) atoms. The van der Waals surface area contributed by atoms with Gasteiger partial charge in [-0.3, -0.25) is 9.59 Å². The van der Waals surface area contributed by atoms with Crippen LogP contribution in [-0.2, 0) is 9.59 Å². The number of amides is 3. The number of carboxylic acid groups (broad SMARTS) is 1. The van der Waals surface area contributed by atoms with Crippen LogP contribution >= 0.6 is 0 Å². The molecule has 0 aliphatic carbocycles. The second kappa shape index (κ2) is 7.38. The van der Waals surface area contributed by atoms with Gasteiger partial charge in [0.1, 0.15) is 6.54 Å². The van der Waals surface area contributed by atoms with E-state index in [1.165, 1.54) is 12.1 Å². The van der Waals surface area contributed by atoms with E-state index in [1.54, 1.807) is 12.1 Å². The Hall–Kier alpha value is -3.08. The SMILES string of the molecule is N#Cc1ccc(NC(=O)NCC(=O)NCC(=O)O)cc1. The number of nitrogens with one attached hydrogen (secondary N) is 3. The van der Waals surface area contributed by atoms with Crippen molar-refractivity contribution in [3.8, 4) is 6.07 Å². The Kier molecular flexibility index (Phi) is 5.52. The minimum Gasteiger partial charge on any atom is -0.480 e. The summed E-state index contributed by atoms with van der Waals surface area (Å²) in [4.78, 5) is 32.8. The zero-order chi connectivity index (χ0) is 15.0. The third-order valence-corrected chi connectivity index (χ3v) is 2.12. The lowest BCUT2D eigenvalue weighted by Gasteiger charge is -2.07. The Labute approximate surface area is 114 Å². The van der Waals surface area contributed by atoms with E-state index >= 15 is 0 Å². The van der Waals surface area contributed by atoms with Crippen LogP contribution in [0.3, 0.4) is 0 Å². The summed E-state index contributed by atoms with van der Waals surface area (Å²) >= 11 is 0. The molecule has 4 N–H and O–H groups in total. The first kappa shape index (κ1) is 15.0. The molecule has 0 saturated heterocycles. The van der Waals surface area contributed by atoms with E-state index in [9.17, 15) is 14.4 Å². The average molecular weight is 276 g/mol. The Morgan fingerprint density at radius 3 is 2.30 bits per heavy atom. The summed E-state index contributed by atoms with van der Waals surface area (Å²) in [7, 11) is 0. The Morgan fingerprint density at radius 1 is 1.10 bits per heavy atom. The minimum absolute atomic E-state index is 0.338. The summed E-state index contributed by atoms with van der Waals surface area (Å²) in [6.45, 7) is -0.840. The summed E-state index contributed by atoms with van der Waals surface area (Å²) in [5, 5.41) is 23.8. The monoisotopic (exact) mass is 276 g/mol. The van der Waals surface area contributed by atoms with Crippen LogP contribution in [0.4, 0.5) is 10.5 Å². The largest absolute Gasteiger partial charge is 0.480 e. The van der Waals surface area contributed by atoms with Crippen molar-refractivity contribution in [2.24, 2.45) is 0 Å². The molecule has 0 radical (unpaired) electrons. The molecule has 0 fully saturated rings. The van der Waals surface area contributed by atoms with Gasteiger partial charge in [0.25, 0.3) is 0 Å². The normalized spacial score (nSPS) is 9.15. The highest BCUT2D eigenvalue weighted by Gasteiger charge is 2.06. The smallest absolute Gasteiger partial charge is 0.322 e. The number of hydrogen-bond donors (Lipinski definition) is 4. The molecular formula is C12H12N4O4. The van der Waals surface area contributed by atoms with Gasteiger partial charge in [0.2, 0.25) is 5.91 Å². The molecule has 0 aliphatic rings. The second-order valence-electron chi connectivity index (χ2n) is 3.67. The molecule has 3 amide bonds. The standard InChI is InChI=1S/C12H12N4O4/c13-5-8-1-3-9(4-2-8)16-12(20)15-6-10(17)14-7-11(18)19/h1-4H,6-7H2,(H,14,17)(H,18,19)(H2,15,16,20). The lowest BCUT2D eigenvalue weighted by Crippen LogP contribution is -2.40. The van der Waals surface area contributed by atoms with Crippen molar-refractivity contribution < 1.29 is 19.5 Å². The molecule has 8 heteroatoms. The number of anilines is 1. The van der Waals surface area contributed by atoms with Gasteiger partial charge in [-0.25, -0.2) is 4.79 Å². The second-order valence-corrected chi connectivity index (χ2v) is 3.67. The van der Waals surface area contributed by atoms with E-state index < -0.39 is 24.5 Å². The maximum absolute atomic E-state index is 11.4. The first-order valence-electron chi connectivity index (χ1n) is 5.55. The van der Waals surface area contributed by atoms with Gasteiger partial charge in [-0.15, -0.1) is 0 Å². The topological polar surface area (TPSA) is 131 Å². The number of rotatable bonds is 5. The molecule has 8 nitrogen and oxygen atoms in total. The van der Waals surface area contributed by atoms with Crippen molar-refractivity contribution in [1.29, 1.82) is 5.26 Å². The van der Waals surface area contributed by atoms with Crippen LogP contribution in [0, 0.1) is 11.3 Å². The molecule has 0 bridgehead atoms. The van der Waals surface area contributed by atoms with Crippen molar-refractivity contribution in [1.82, 2.24) is 10.6 Å². The number of urea groups is 1. The molecule has 0 atom stereocenters. The van der Waals surface area contributed by atoms with Gasteiger partial charge in [-0.2, -0.15) is 5.26 Å². The van der Waals surface area contributed by atoms with Crippen LogP contribution < -0.4 is 16.0 Å². The first-order chi connectivity index (χ1) is 9.51. The van der Waals surface area contributed by atoms with Crippen molar-refractivity contribution >= 4 is 23.6 Å². The van der Waals surface area contributed by atoms with E-state index in [-0.39, 0.29) is 6.54 Å². The highest BCUT2D eigenvalue weighted by Crippen LogP contribution is 2.08. The van der Waals surface area contributed by atoms with Gasteiger partial charge in [0.15, 0.2) is 0 Å².